The van der Waals surface area contributed by atoms with Gasteiger partial charge in [0, 0.05) is 13.1 Å². The number of likely N-dealkylation sites (tertiary alicyclic amines) is 2. The highest BCUT2D eigenvalue weighted by Gasteiger charge is 2.45. The van der Waals surface area contributed by atoms with Gasteiger partial charge in [0.25, 0.3) is 5.91 Å². The Labute approximate surface area is 116 Å². The number of amides is 1. The zero-order valence-corrected chi connectivity index (χ0v) is 12.6. The summed E-state index contributed by atoms with van der Waals surface area (Å²) in [7, 11) is 2.16. The molecular formula is C15H28N2O2. The predicted molar refractivity (Wildman–Crippen MR) is 75.9 cm³/mol. The van der Waals surface area contributed by atoms with Gasteiger partial charge in [-0.15, -0.1) is 0 Å². The summed E-state index contributed by atoms with van der Waals surface area (Å²) in [5, 5.41) is 10.4. The van der Waals surface area contributed by atoms with Crippen LogP contribution in [0.5, 0.6) is 0 Å². The molecule has 1 spiro atoms. The summed E-state index contributed by atoms with van der Waals surface area (Å²) in [5.41, 5.74) is -0.818. The van der Waals surface area contributed by atoms with Gasteiger partial charge in [0.15, 0.2) is 0 Å². The van der Waals surface area contributed by atoms with E-state index in [9.17, 15) is 9.90 Å². The summed E-state index contributed by atoms with van der Waals surface area (Å²) in [6.07, 6.45) is 4.49. The smallest absolute Gasteiger partial charge is 0.254 e. The average molecular weight is 268 g/mol. The standard InChI is InChI=1S/C15H28N2O2/c1-4-15(19,5-2)13(18)17-11-8-14(12-17)6-9-16(3)10-7-14/h19H,4-12H2,1-3H3. The van der Waals surface area contributed by atoms with E-state index in [2.05, 4.69) is 11.9 Å². The molecule has 0 aromatic carbocycles. The van der Waals surface area contributed by atoms with Crippen LogP contribution in [0.2, 0.25) is 0 Å². The van der Waals surface area contributed by atoms with Gasteiger partial charge in [-0.25, -0.2) is 0 Å². The topological polar surface area (TPSA) is 43.8 Å². The molecule has 4 nitrogen and oxygen atoms in total. The SMILES string of the molecule is CCC(O)(CC)C(=O)N1CCC2(CCN(C)CC2)C1. The molecule has 0 aromatic heterocycles. The Morgan fingerprint density at radius 1 is 1.16 bits per heavy atom. The predicted octanol–water partition coefficient (Wildman–Crippen LogP) is 1.48. The number of piperidine rings is 1. The van der Waals surface area contributed by atoms with E-state index in [1.54, 1.807) is 0 Å². The fourth-order valence-corrected chi connectivity index (χ4v) is 3.46. The van der Waals surface area contributed by atoms with Crippen molar-refractivity contribution >= 4 is 5.91 Å². The molecule has 0 radical (unpaired) electrons. The molecule has 2 aliphatic rings. The summed E-state index contributed by atoms with van der Waals surface area (Å²) in [6.45, 7) is 7.72. The van der Waals surface area contributed by atoms with Crippen molar-refractivity contribution in [3.63, 3.8) is 0 Å². The molecule has 0 aromatic rings. The Kier molecular flexibility index (Phi) is 4.21. The van der Waals surface area contributed by atoms with E-state index in [1.165, 1.54) is 12.8 Å². The van der Waals surface area contributed by atoms with E-state index < -0.39 is 5.60 Å². The van der Waals surface area contributed by atoms with Crippen molar-refractivity contribution in [1.29, 1.82) is 0 Å². The van der Waals surface area contributed by atoms with Gasteiger partial charge in [0.1, 0.15) is 5.60 Å². The molecule has 4 heteroatoms. The molecule has 2 rings (SSSR count). The van der Waals surface area contributed by atoms with E-state index >= 15 is 0 Å². The van der Waals surface area contributed by atoms with Crippen molar-refractivity contribution in [3.05, 3.63) is 0 Å². The summed E-state index contributed by atoms with van der Waals surface area (Å²) >= 11 is 0. The third-order valence-corrected chi connectivity index (χ3v) is 5.34. The van der Waals surface area contributed by atoms with Gasteiger partial charge in [0.2, 0.25) is 0 Å². The van der Waals surface area contributed by atoms with Gasteiger partial charge in [-0.2, -0.15) is 0 Å². The molecule has 2 heterocycles. The van der Waals surface area contributed by atoms with Crippen molar-refractivity contribution in [2.75, 3.05) is 33.2 Å². The van der Waals surface area contributed by atoms with E-state index in [1.807, 2.05) is 18.7 Å². The highest BCUT2D eigenvalue weighted by Crippen LogP contribution is 2.41. The largest absolute Gasteiger partial charge is 0.380 e. The third-order valence-electron chi connectivity index (χ3n) is 5.34. The molecule has 0 unspecified atom stereocenters. The van der Waals surface area contributed by atoms with Crippen molar-refractivity contribution in [1.82, 2.24) is 9.80 Å². The fraction of sp³-hybridized carbons (Fsp3) is 0.933. The van der Waals surface area contributed by atoms with Crippen LogP contribution in [0.1, 0.15) is 46.0 Å². The zero-order chi connectivity index (χ0) is 14.1. The van der Waals surface area contributed by atoms with E-state index in [4.69, 9.17) is 0 Å². The van der Waals surface area contributed by atoms with Crippen molar-refractivity contribution in [3.8, 4) is 0 Å². The van der Waals surface area contributed by atoms with E-state index in [0.717, 1.165) is 32.6 Å². The first-order valence-corrected chi connectivity index (χ1v) is 7.65. The molecule has 0 saturated carbocycles. The second-order valence-electron chi connectivity index (χ2n) is 6.52. The monoisotopic (exact) mass is 268 g/mol. The lowest BCUT2D eigenvalue weighted by Gasteiger charge is -2.38. The van der Waals surface area contributed by atoms with Crippen LogP contribution >= 0.6 is 0 Å². The molecular weight excluding hydrogens is 240 g/mol. The number of hydrogen-bond acceptors (Lipinski definition) is 3. The summed E-state index contributed by atoms with van der Waals surface area (Å²) in [5.74, 6) is -0.0479. The summed E-state index contributed by atoms with van der Waals surface area (Å²) in [4.78, 5) is 16.8. The minimum absolute atomic E-state index is 0.0479. The van der Waals surface area contributed by atoms with Gasteiger partial charge < -0.3 is 14.9 Å². The van der Waals surface area contributed by atoms with Gasteiger partial charge in [-0.05, 0) is 57.7 Å². The number of carbonyl (C=O) groups excluding carboxylic acids is 1. The molecule has 0 atom stereocenters. The molecule has 19 heavy (non-hydrogen) atoms. The first-order valence-electron chi connectivity index (χ1n) is 7.65. The Balaban J connectivity index is 2.00. The average Bonchev–Trinajstić information content (AvgIpc) is 2.85. The lowest BCUT2D eigenvalue weighted by atomic mass is 9.78. The van der Waals surface area contributed by atoms with E-state index in [-0.39, 0.29) is 5.91 Å². The normalized spacial score (nSPS) is 24.1. The molecule has 2 fully saturated rings. The minimum Gasteiger partial charge on any atom is -0.380 e. The highest BCUT2D eigenvalue weighted by atomic mass is 16.3. The van der Waals surface area contributed by atoms with Crippen LogP contribution in [-0.2, 0) is 4.79 Å². The van der Waals surface area contributed by atoms with Gasteiger partial charge in [-0.1, -0.05) is 13.8 Å². The van der Waals surface area contributed by atoms with Crippen LogP contribution in [0.3, 0.4) is 0 Å². The number of hydrogen-bond donors (Lipinski definition) is 1. The van der Waals surface area contributed by atoms with Crippen LogP contribution in [0.15, 0.2) is 0 Å². The van der Waals surface area contributed by atoms with Crippen LogP contribution < -0.4 is 0 Å². The van der Waals surface area contributed by atoms with Gasteiger partial charge >= 0.3 is 0 Å². The quantitative estimate of drug-likeness (QED) is 0.843. The molecule has 2 aliphatic heterocycles. The number of nitrogens with zero attached hydrogens (tertiary/aromatic N) is 2. The van der Waals surface area contributed by atoms with Crippen LogP contribution in [0.25, 0.3) is 0 Å². The maximum Gasteiger partial charge on any atom is 0.254 e. The number of rotatable bonds is 3. The maximum absolute atomic E-state index is 12.5. The molecule has 0 aliphatic carbocycles. The zero-order valence-electron chi connectivity index (χ0n) is 12.6. The Hall–Kier alpha value is -0.610. The van der Waals surface area contributed by atoms with E-state index in [0.29, 0.717) is 18.3 Å². The third kappa shape index (κ3) is 2.79. The number of aliphatic hydroxyl groups is 1. The minimum atomic E-state index is -1.14. The fourth-order valence-electron chi connectivity index (χ4n) is 3.46. The highest BCUT2D eigenvalue weighted by molar-refractivity contribution is 5.85. The Morgan fingerprint density at radius 3 is 2.21 bits per heavy atom. The van der Waals surface area contributed by atoms with Crippen molar-refractivity contribution in [2.45, 2.75) is 51.6 Å². The first kappa shape index (κ1) is 14.8. The maximum atomic E-state index is 12.5. The first-order chi connectivity index (χ1) is 8.95. The van der Waals surface area contributed by atoms with Crippen LogP contribution in [0.4, 0.5) is 0 Å². The van der Waals surface area contributed by atoms with Crippen molar-refractivity contribution < 1.29 is 9.90 Å². The van der Waals surface area contributed by atoms with Crippen LogP contribution in [0, 0.1) is 5.41 Å². The molecule has 1 N–H and O–H groups in total. The van der Waals surface area contributed by atoms with Gasteiger partial charge in [-0.3, -0.25) is 4.79 Å². The molecule has 0 bridgehead atoms. The lowest BCUT2D eigenvalue weighted by molar-refractivity contribution is -0.151. The second-order valence-corrected chi connectivity index (χ2v) is 6.52. The molecule has 110 valence electrons. The van der Waals surface area contributed by atoms with Crippen molar-refractivity contribution in [2.24, 2.45) is 5.41 Å². The number of carbonyl (C=O) groups is 1. The van der Waals surface area contributed by atoms with Crippen LogP contribution in [-0.4, -0.2) is 59.6 Å². The summed E-state index contributed by atoms with van der Waals surface area (Å²) in [6, 6.07) is 0. The summed E-state index contributed by atoms with van der Waals surface area (Å²) < 4.78 is 0. The Bertz CT molecular complexity index is 331. The lowest BCUT2D eigenvalue weighted by Crippen LogP contribution is -2.49. The molecule has 1 amide bonds. The second kappa shape index (κ2) is 5.41. The molecule has 2 saturated heterocycles. The van der Waals surface area contributed by atoms with Gasteiger partial charge in [0.05, 0.1) is 0 Å². The Morgan fingerprint density at radius 2 is 1.68 bits per heavy atom.